The van der Waals surface area contributed by atoms with Crippen molar-refractivity contribution in [3.63, 3.8) is 0 Å². The number of hydrogen-bond donors (Lipinski definition) is 2. The van der Waals surface area contributed by atoms with E-state index >= 15 is 0 Å². The molecule has 0 aromatic carbocycles. The van der Waals surface area contributed by atoms with E-state index in [2.05, 4.69) is 12.2 Å². The Kier molecular flexibility index (Phi) is 9.75. The van der Waals surface area contributed by atoms with Gasteiger partial charge in [0.1, 0.15) is 14.1 Å². The molecule has 3 rings (SSSR count). The van der Waals surface area contributed by atoms with Gasteiger partial charge in [0.15, 0.2) is 6.10 Å². The number of rotatable bonds is 13. The maximum atomic E-state index is 12.1. The first-order valence-electron chi connectivity index (χ1n) is 11.1. The van der Waals surface area contributed by atoms with E-state index in [-0.39, 0.29) is 0 Å². The third kappa shape index (κ3) is 8.81. The summed E-state index contributed by atoms with van der Waals surface area (Å²) in [5, 5.41) is 2.74. The molecule has 0 spiro atoms. The van der Waals surface area contributed by atoms with Gasteiger partial charge in [0, 0.05) is 6.54 Å². The number of carbonyl (C=O) groups excluding carboxylic acids is 1. The van der Waals surface area contributed by atoms with Crippen molar-refractivity contribution in [2.24, 2.45) is 5.92 Å². The Morgan fingerprint density at radius 1 is 1.14 bits per heavy atom. The number of amides is 1. The topological polar surface area (TPSA) is 98.7 Å². The predicted molar refractivity (Wildman–Crippen MR) is 108 cm³/mol. The zero-order chi connectivity index (χ0) is 20.5. The van der Waals surface area contributed by atoms with E-state index in [0.717, 1.165) is 62.1 Å². The second-order valence-corrected chi connectivity index (χ2v) is 10.5. The number of hydrogen-bond acceptors (Lipinski definition) is 4. The van der Waals surface area contributed by atoms with Crippen LogP contribution in [0.2, 0.25) is 0 Å². The zero-order valence-electron chi connectivity index (χ0n) is 17.4. The number of carbonyl (C=O) groups is 1. The molecule has 2 unspecified atom stereocenters. The summed E-state index contributed by atoms with van der Waals surface area (Å²) >= 11 is 0. The van der Waals surface area contributed by atoms with Crippen LogP contribution in [0.25, 0.3) is 0 Å². The molecule has 7 nitrogen and oxygen atoms in total. The van der Waals surface area contributed by atoms with Crippen molar-refractivity contribution in [2.75, 3.05) is 38.9 Å². The minimum atomic E-state index is -4.49. The van der Waals surface area contributed by atoms with Gasteiger partial charge in [0.2, 0.25) is 0 Å². The van der Waals surface area contributed by atoms with E-state index < -0.39 is 26.0 Å². The number of alkyl carbamates (subject to hydrolysis) is 1. The first-order chi connectivity index (χ1) is 13.3. The first-order valence-corrected chi connectivity index (χ1v) is 12.9. The van der Waals surface area contributed by atoms with Crippen LogP contribution in [0.15, 0.2) is 0 Å². The zero-order valence-corrected chi connectivity index (χ0v) is 18.3. The molecule has 3 saturated heterocycles. The van der Waals surface area contributed by atoms with Crippen LogP contribution >= 0.6 is 7.60 Å². The molecule has 3 aliphatic rings. The monoisotopic (exact) mass is 418 g/mol. The van der Waals surface area contributed by atoms with Crippen molar-refractivity contribution in [3.8, 4) is 0 Å². The third-order valence-corrected chi connectivity index (χ3v) is 7.25. The SMILES string of the molecule is CCCCCCCCCNC(=O)OC(C[N+]12CCC(CC1)CC2)CP(=O)([O-])O. The van der Waals surface area contributed by atoms with Crippen LogP contribution in [0, 0.1) is 5.92 Å². The molecule has 0 aromatic rings. The maximum absolute atomic E-state index is 12.1. The van der Waals surface area contributed by atoms with Crippen molar-refractivity contribution in [1.82, 2.24) is 5.32 Å². The maximum Gasteiger partial charge on any atom is 0.407 e. The fourth-order valence-electron chi connectivity index (χ4n) is 4.70. The van der Waals surface area contributed by atoms with Gasteiger partial charge < -0.3 is 28.9 Å². The van der Waals surface area contributed by atoms with Crippen molar-refractivity contribution >= 4 is 13.7 Å². The molecule has 2 bridgehead atoms. The van der Waals surface area contributed by atoms with E-state index in [9.17, 15) is 19.1 Å². The van der Waals surface area contributed by atoms with E-state index in [0.29, 0.717) is 13.1 Å². The number of nitrogens with zero attached hydrogens (tertiary/aromatic N) is 1. The summed E-state index contributed by atoms with van der Waals surface area (Å²) in [5.41, 5.74) is 0. The molecule has 3 fully saturated rings. The first kappa shape index (κ1) is 23.7. The lowest BCUT2D eigenvalue weighted by atomic mass is 9.85. The van der Waals surface area contributed by atoms with Crippen LogP contribution in [-0.4, -0.2) is 60.5 Å². The Morgan fingerprint density at radius 3 is 2.29 bits per heavy atom. The highest BCUT2D eigenvalue weighted by Gasteiger charge is 2.42. The molecule has 2 atom stereocenters. The van der Waals surface area contributed by atoms with Crippen LogP contribution in [0.1, 0.15) is 71.1 Å². The molecule has 0 aliphatic carbocycles. The smallest absolute Gasteiger partial charge is 0.407 e. The highest BCUT2D eigenvalue weighted by molar-refractivity contribution is 7.50. The van der Waals surface area contributed by atoms with Crippen molar-refractivity contribution in [3.05, 3.63) is 0 Å². The molecule has 1 amide bonds. The van der Waals surface area contributed by atoms with Crippen LogP contribution in [0.5, 0.6) is 0 Å². The summed E-state index contributed by atoms with van der Waals surface area (Å²) in [6.45, 7) is 6.25. The van der Waals surface area contributed by atoms with Crippen molar-refractivity contribution in [1.29, 1.82) is 0 Å². The number of ether oxygens (including phenoxy) is 1. The Labute approximate surface area is 170 Å². The summed E-state index contributed by atoms with van der Waals surface area (Å²) in [6, 6.07) is 0. The quantitative estimate of drug-likeness (QED) is 0.272. The summed E-state index contributed by atoms with van der Waals surface area (Å²) in [4.78, 5) is 32.9. The van der Waals surface area contributed by atoms with E-state index in [4.69, 9.17) is 4.74 Å². The van der Waals surface area contributed by atoms with Gasteiger partial charge in [-0.2, -0.15) is 0 Å². The minimum absolute atomic E-state index is 0.477. The van der Waals surface area contributed by atoms with Crippen LogP contribution in [0.3, 0.4) is 0 Å². The van der Waals surface area contributed by atoms with Gasteiger partial charge >= 0.3 is 6.09 Å². The fourth-order valence-corrected chi connectivity index (χ4v) is 5.40. The second kappa shape index (κ2) is 11.5. The second-order valence-electron chi connectivity index (χ2n) is 8.82. The Morgan fingerprint density at radius 2 is 1.71 bits per heavy atom. The molecular formula is C20H39N2O5P. The summed E-state index contributed by atoms with van der Waals surface area (Å²) in [7, 11) is -4.49. The number of nitrogens with one attached hydrogen (secondary N) is 1. The lowest BCUT2D eigenvalue weighted by molar-refractivity contribution is -0.944. The number of piperidine rings is 3. The molecule has 3 aliphatic heterocycles. The highest BCUT2D eigenvalue weighted by atomic mass is 31.2. The number of fused-ring (bicyclic) bond motifs is 3. The molecule has 2 N–H and O–H groups in total. The van der Waals surface area contributed by atoms with Gasteiger partial charge in [-0.25, -0.2) is 4.79 Å². The lowest BCUT2D eigenvalue weighted by Crippen LogP contribution is -2.61. The van der Waals surface area contributed by atoms with Gasteiger partial charge in [-0.3, -0.25) is 0 Å². The molecule has 164 valence electrons. The number of quaternary nitrogens is 1. The van der Waals surface area contributed by atoms with E-state index in [1.54, 1.807) is 0 Å². The number of unbranched alkanes of at least 4 members (excludes halogenated alkanes) is 6. The van der Waals surface area contributed by atoms with Crippen molar-refractivity contribution < 1.29 is 28.4 Å². The molecule has 0 radical (unpaired) electrons. The van der Waals surface area contributed by atoms with Gasteiger partial charge in [-0.15, -0.1) is 0 Å². The van der Waals surface area contributed by atoms with E-state index in [1.807, 2.05) is 0 Å². The average Bonchev–Trinajstić information content (AvgIpc) is 2.63. The van der Waals surface area contributed by atoms with Crippen LogP contribution < -0.4 is 10.2 Å². The average molecular weight is 419 g/mol. The van der Waals surface area contributed by atoms with E-state index in [1.165, 1.54) is 32.1 Å². The predicted octanol–water partition coefficient (Wildman–Crippen LogP) is 3.01. The fraction of sp³-hybridized carbons (Fsp3) is 0.950. The van der Waals surface area contributed by atoms with Gasteiger partial charge in [0.25, 0.3) is 0 Å². The molecule has 28 heavy (non-hydrogen) atoms. The standard InChI is InChI=1S/C20H39N2O5P/c1-2-3-4-5-6-7-8-12-21-20(23)27-19(17-28(24,25)26)16-22-13-9-18(10-14-22)11-15-22/h18-19H,2-17H2,1H3,(H2-,21,23,24,25,26). The summed E-state index contributed by atoms with van der Waals surface area (Å²) in [6.07, 6.45) is 9.76. The molecule has 8 heteroatoms. The van der Waals surface area contributed by atoms with Crippen LogP contribution in [-0.2, 0) is 9.30 Å². The Hall–Kier alpha value is -0.620. The largest absolute Gasteiger partial charge is 0.779 e. The Balaban J connectivity index is 1.72. The summed E-state index contributed by atoms with van der Waals surface area (Å²) in [5.74, 6) is 0.799. The normalized spacial score (nSPS) is 27.2. The highest BCUT2D eigenvalue weighted by Crippen LogP contribution is 2.36. The van der Waals surface area contributed by atoms with Gasteiger partial charge in [-0.1, -0.05) is 45.4 Å². The van der Waals surface area contributed by atoms with Crippen molar-refractivity contribution in [2.45, 2.75) is 77.2 Å². The molecular weight excluding hydrogens is 379 g/mol. The third-order valence-electron chi connectivity index (χ3n) is 6.38. The van der Waals surface area contributed by atoms with Crippen LogP contribution in [0.4, 0.5) is 4.79 Å². The molecule has 0 aromatic heterocycles. The van der Waals surface area contributed by atoms with Gasteiger partial charge in [-0.05, 0) is 31.6 Å². The molecule has 0 saturated carbocycles. The molecule has 3 heterocycles. The summed E-state index contributed by atoms with van der Waals surface area (Å²) < 4.78 is 17.7. The minimum Gasteiger partial charge on any atom is -0.779 e. The Bertz CT molecular complexity index is 503. The van der Waals surface area contributed by atoms with Gasteiger partial charge in [0.05, 0.1) is 25.8 Å². The lowest BCUT2D eigenvalue weighted by Gasteiger charge is -2.50.